The van der Waals surface area contributed by atoms with E-state index in [0.29, 0.717) is 232 Å². The molecule has 2 bridgehead atoms. The molecule has 3 aliphatic heterocycles. The molecular weight excluding hydrogens is 1710 g/mol. The number of aliphatic hydroxyl groups excluding tert-OH is 1. The molecule has 1 aliphatic carbocycles. The number of allylic oxidation sites excluding steroid dienone is 6. The first-order chi connectivity index (χ1) is 64.2. The average molecular weight is 1850 g/mol. The lowest BCUT2D eigenvalue weighted by molar-refractivity contribution is -0.265. The summed E-state index contributed by atoms with van der Waals surface area (Å²) in [7, 11) is 4.59. The van der Waals surface area contributed by atoms with Crippen LogP contribution in [0.4, 0.5) is 11.8 Å². The van der Waals surface area contributed by atoms with E-state index in [9.17, 15) is 48.6 Å². The summed E-state index contributed by atoms with van der Waals surface area (Å²) >= 11 is 0. The zero-order valence-corrected chi connectivity index (χ0v) is 79.1. The van der Waals surface area contributed by atoms with E-state index >= 15 is 0 Å². The molecule has 133 heavy (non-hydrogen) atoms. The van der Waals surface area contributed by atoms with E-state index in [1.54, 1.807) is 70.0 Å². The smallest absolute Gasteiger partial charge is 0.329 e. The number of carbonyl (C=O) groups is 8. The molecule has 0 radical (unpaired) electrons. The molecule has 2 aromatic carbocycles. The van der Waals surface area contributed by atoms with Crippen LogP contribution in [0.5, 0.6) is 0 Å². The third-order valence-corrected chi connectivity index (χ3v) is 25.5. The van der Waals surface area contributed by atoms with E-state index in [2.05, 4.69) is 30.6 Å². The second-order valence-electron chi connectivity index (χ2n) is 35.6. The summed E-state index contributed by atoms with van der Waals surface area (Å²) < 4.78 is 78.9. The van der Waals surface area contributed by atoms with Crippen molar-refractivity contribution in [3.05, 3.63) is 108 Å². The number of cyclic esters (lactones) is 1. The number of ether oxygens (including phenoxy) is 12. The first-order valence-corrected chi connectivity index (χ1v) is 47.2. The number of nitrogen functional groups attached to an aromatic ring is 2. The number of oxazole rings is 1. The van der Waals surface area contributed by atoms with Gasteiger partial charge < -0.3 is 93.2 Å². The van der Waals surface area contributed by atoms with Crippen molar-refractivity contribution in [2.75, 3.05) is 138 Å². The van der Waals surface area contributed by atoms with Crippen molar-refractivity contribution in [2.45, 2.75) is 238 Å². The van der Waals surface area contributed by atoms with Crippen molar-refractivity contribution in [1.29, 1.82) is 0 Å². The number of nitrogens with two attached hydrogens (primary N) is 2. The molecule has 7 heterocycles. The normalized spacial score (nSPS) is 25.8. The van der Waals surface area contributed by atoms with Crippen LogP contribution >= 0.6 is 0 Å². The predicted octanol–water partition coefficient (Wildman–Crippen LogP) is 11.2. The van der Waals surface area contributed by atoms with Crippen LogP contribution in [0.3, 0.4) is 0 Å². The average Bonchev–Trinajstić information content (AvgIpc) is 1.73. The van der Waals surface area contributed by atoms with E-state index in [1.165, 1.54) is 18.3 Å². The maximum Gasteiger partial charge on any atom is 0.329 e. The third kappa shape index (κ3) is 31.5. The van der Waals surface area contributed by atoms with E-state index in [-0.39, 0.29) is 105 Å². The molecule has 1 saturated carbocycles. The van der Waals surface area contributed by atoms with Crippen LogP contribution in [0.2, 0.25) is 0 Å². The van der Waals surface area contributed by atoms with Gasteiger partial charge in [-0.05, 0) is 157 Å². The molecule has 6 aromatic rings. The molecule has 0 unspecified atom stereocenters. The Morgan fingerprint density at radius 1 is 0.699 bits per heavy atom. The van der Waals surface area contributed by atoms with Crippen molar-refractivity contribution in [3.8, 4) is 22.5 Å². The number of carbonyl (C=O) groups excluding carboxylic acids is 8. The zero-order valence-electron chi connectivity index (χ0n) is 79.1. The lowest BCUT2D eigenvalue weighted by Crippen LogP contribution is -2.61. The number of ketones is 5. The molecule has 3 fully saturated rings. The Labute approximate surface area is 779 Å². The van der Waals surface area contributed by atoms with E-state index < -0.39 is 83.7 Å². The first-order valence-electron chi connectivity index (χ1n) is 47.2. The number of hydrogen-bond acceptors (Lipinski definition) is 31. The van der Waals surface area contributed by atoms with Gasteiger partial charge in [-0.2, -0.15) is 10.1 Å². The molecule has 15 atom stereocenters. The van der Waals surface area contributed by atoms with Crippen LogP contribution in [-0.2, 0) is 96.9 Å². The van der Waals surface area contributed by atoms with Crippen molar-refractivity contribution < 1.29 is 110 Å². The zero-order chi connectivity index (χ0) is 95.4. The molecule has 7 N–H and O–H groups in total. The Morgan fingerprint density at radius 2 is 1.39 bits per heavy atom. The van der Waals surface area contributed by atoms with Gasteiger partial charge in [-0.15, -0.1) is 5.10 Å². The number of Topliss-reactive ketones (excluding diaryl/α,β-unsaturated/α-hetero) is 5. The summed E-state index contributed by atoms with van der Waals surface area (Å²) in [6, 6.07) is 11.3. The monoisotopic (exact) mass is 1850 g/mol. The summed E-state index contributed by atoms with van der Waals surface area (Å²) in [6.07, 6.45) is 18.9. The summed E-state index contributed by atoms with van der Waals surface area (Å²) in [5.74, 6) is -8.28. The molecule has 10 rings (SSSR count). The van der Waals surface area contributed by atoms with Gasteiger partial charge in [-0.1, -0.05) is 94.8 Å². The fourth-order valence-corrected chi connectivity index (χ4v) is 17.7. The van der Waals surface area contributed by atoms with Crippen molar-refractivity contribution in [1.82, 2.24) is 49.9 Å². The highest BCUT2D eigenvalue weighted by Gasteiger charge is 2.53. The van der Waals surface area contributed by atoms with Gasteiger partial charge in [0.25, 0.3) is 23.6 Å². The Balaban J connectivity index is 0.574. The molecule has 0 spiro atoms. The van der Waals surface area contributed by atoms with E-state index in [0.717, 1.165) is 30.4 Å². The van der Waals surface area contributed by atoms with Crippen LogP contribution in [0.15, 0.2) is 107 Å². The minimum atomic E-state index is -2.49. The number of aliphatic hydroxyl groups is 2. The number of nitrogens with one attached hydrogen (secondary N) is 1. The molecule has 35 nitrogen and oxygen atoms in total. The van der Waals surface area contributed by atoms with Crippen molar-refractivity contribution in [2.24, 2.45) is 35.5 Å². The second-order valence-corrected chi connectivity index (χ2v) is 35.6. The maximum absolute atomic E-state index is 14.9. The molecule has 35 heteroatoms. The van der Waals surface area contributed by atoms with Crippen molar-refractivity contribution in [3.63, 3.8) is 0 Å². The quantitative estimate of drug-likeness (QED) is 0.0103. The number of fused-ring (bicyclic) bond motifs is 5. The SMILES string of the molecule is CO[C@H]1C[C@@H]2CC[C@@H](C)[C@@](O)(O2)C(=O)C(=O)N2CCCC[C@H]2C(=O)O[C@H]([C@H](C)C[C@@H]2CC[C@H](n3cc(-c4cccc(C(=O)NCCOCCOCCOCCC(=O)CCCOCCOCCOCCOCCC(=O)CCCCCn5nc(-c6ccc7oc(N)nc7c6)c6c(N)ncnc65)c4)nn3)[C@H](OC)C2)CC(=O)[C@H](C)/C=C(\C)[C@@H](O)[C@@H](OC)C(=O)[C@H](C)C[C@H](C)/C=C/C=C/C=C/1C. The second kappa shape index (κ2) is 54.2. The first kappa shape index (κ1) is 105. The lowest BCUT2D eigenvalue weighted by Gasteiger charge is -2.42. The number of amides is 2. The van der Waals surface area contributed by atoms with Crippen molar-refractivity contribution >= 4 is 80.7 Å². The van der Waals surface area contributed by atoms with Crippen LogP contribution in [0.1, 0.15) is 193 Å². The number of aromatic nitrogens is 8. The van der Waals surface area contributed by atoms with Gasteiger partial charge in [-0.3, -0.25) is 33.6 Å². The highest BCUT2D eigenvalue weighted by atomic mass is 16.6. The minimum absolute atomic E-state index is 0.0205. The largest absolute Gasteiger partial charge is 0.460 e. The Kier molecular flexibility index (Phi) is 43.0. The lowest BCUT2D eigenvalue weighted by atomic mass is 9.77. The predicted molar refractivity (Wildman–Crippen MR) is 496 cm³/mol. The number of esters is 1. The number of anilines is 2. The molecule has 2 amide bonds. The molecular formula is C98H140N12O23. The number of piperidine rings is 1. The molecule has 730 valence electrons. The molecule has 4 aromatic heterocycles. The van der Waals surface area contributed by atoms with Gasteiger partial charge in [0.1, 0.15) is 70.8 Å². The number of benzene rings is 2. The van der Waals surface area contributed by atoms with Gasteiger partial charge in [0.05, 0.1) is 122 Å². The topological polar surface area (TPSA) is 455 Å². The Morgan fingerprint density at radius 3 is 2.09 bits per heavy atom. The Bertz CT molecular complexity index is 4870. The van der Waals surface area contributed by atoms with Crippen LogP contribution in [0.25, 0.3) is 44.6 Å². The number of rotatable bonds is 44. The molecule has 2 saturated heterocycles. The third-order valence-electron chi connectivity index (χ3n) is 25.5. The van der Waals surface area contributed by atoms with Crippen LogP contribution in [0, 0.1) is 35.5 Å². The Hall–Kier alpha value is -9.60. The van der Waals surface area contributed by atoms with E-state index in [4.69, 9.17) is 77.8 Å². The van der Waals surface area contributed by atoms with Gasteiger partial charge in [0, 0.05) is 121 Å². The summed E-state index contributed by atoms with van der Waals surface area (Å²) in [6.45, 7) is 18.5. The highest BCUT2D eigenvalue weighted by Crippen LogP contribution is 2.41. The fourth-order valence-electron chi connectivity index (χ4n) is 17.7. The number of hydrogen-bond donors (Lipinski definition) is 5. The molecule has 4 aliphatic rings. The maximum atomic E-state index is 14.9. The standard InChI is InChI=1S/C98H140N12O23/c1-63-21-13-11-14-22-64(2)83(121-8)59-76-31-28-69(7)98(120,133-76)91(116)95(118)108-37-18-16-27-80(108)96(119)131-84(60-81(113)65(3)54-68(6)89(115)90(123-10)88(114)67(5)53-63)66(4)55-70-29-32-79(85(56-70)122-9)110-61-78(105-107-110)71-23-19-24-73(57-71)94(117)101-36-42-127-46-50-129-48-44-126-41-35-75(112)26-20-39-124-43-47-128-51-52-130-49-45-125-40-34-74(111)25-15-12-17-38-109-93-86(92(99)102-62-103-93)87(106-109)72-30-33-82-77(58-72)104-97(100)132-82/h11,13-14,19,21-24,30,33,54,57-58,61-63,65-67,69-70,76,79-80,83-85,89-90,115,120H,12,15-18,20,25-29,31-32,34-53,55-56,59-60H2,1-10H3,(H2,100,104)(H,101,117)(H2,99,102,103)/b14-11+,21-13+,64-22+,68-54+/t63-,65-,66-,67-,69-,70+,76+,79+,80+,83+,84+,85-,89-,90+,98-/m1/s1. The number of aryl methyl sites for hydroxylation is 1. The van der Waals surface area contributed by atoms with Gasteiger partial charge in [-0.25, -0.2) is 24.1 Å². The number of methoxy groups -OCH3 is 3. The van der Waals surface area contributed by atoms with Gasteiger partial charge in [0.2, 0.25) is 5.79 Å². The van der Waals surface area contributed by atoms with E-state index in [1.807, 2.05) is 87.2 Å². The summed E-state index contributed by atoms with van der Waals surface area (Å²) in [5, 5.41) is 41.4. The van der Waals surface area contributed by atoms with Crippen LogP contribution < -0.4 is 16.8 Å². The highest BCUT2D eigenvalue weighted by molar-refractivity contribution is 6.39. The fraction of sp³-hybridized carbons (Fsp3) is 0.633. The van der Waals surface area contributed by atoms with Gasteiger partial charge in [0.15, 0.2) is 17.0 Å². The number of nitrogens with zero attached hydrogens (tertiary/aromatic N) is 9. The summed E-state index contributed by atoms with van der Waals surface area (Å²) in [5.41, 5.74) is 18.2. The number of unbranched alkanes of at least 4 members (excludes halogenated alkanes) is 2. The van der Waals surface area contributed by atoms with Crippen LogP contribution in [-0.4, -0.2) is 277 Å². The minimum Gasteiger partial charge on any atom is -0.460 e. The summed E-state index contributed by atoms with van der Waals surface area (Å²) in [4.78, 5) is 125. The van der Waals surface area contributed by atoms with Gasteiger partial charge >= 0.3 is 5.97 Å².